The van der Waals surface area contributed by atoms with E-state index in [2.05, 4.69) is 44.7 Å². The Hall–Kier alpha value is -1.69. The molecule has 0 aromatic carbocycles. The number of aromatic nitrogens is 3. The van der Waals surface area contributed by atoms with Gasteiger partial charge in [-0.25, -0.2) is 9.78 Å². The summed E-state index contributed by atoms with van der Waals surface area (Å²) in [5, 5.41) is 5.45. The van der Waals surface area contributed by atoms with Gasteiger partial charge in [0.1, 0.15) is 6.61 Å². The van der Waals surface area contributed by atoms with E-state index < -0.39 is 0 Å². The van der Waals surface area contributed by atoms with Crippen molar-refractivity contribution in [2.24, 2.45) is 0 Å². The van der Waals surface area contributed by atoms with Gasteiger partial charge in [-0.1, -0.05) is 13.8 Å². The first-order valence-electron chi connectivity index (χ1n) is 7.80. The fraction of sp³-hybridized carbons (Fsp3) is 0.588. The zero-order valence-corrected chi connectivity index (χ0v) is 15.7. The van der Waals surface area contributed by atoms with Crippen molar-refractivity contribution >= 4 is 17.3 Å². The summed E-state index contributed by atoms with van der Waals surface area (Å²) in [4.78, 5) is 17.7. The maximum Gasteiger partial charge on any atom is 0.359 e. The van der Waals surface area contributed by atoms with Crippen molar-refractivity contribution in [2.75, 3.05) is 0 Å². The number of ether oxygens (including phenoxy) is 1. The number of hydrogen-bond acceptors (Lipinski definition) is 5. The minimum Gasteiger partial charge on any atom is -0.455 e. The van der Waals surface area contributed by atoms with E-state index in [9.17, 15) is 4.79 Å². The molecule has 2 rings (SSSR count). The van der Waals surface area contributed by atoms with Crippen LogP contribution in [0.4, 0.5) is 0 Å². The van der Waals surface area contributed by atoms with Gasteiger partial charge in [-0.05, 0) is 46.6 Å². The highest BCUT2D eigenvalue weighted by atomic mass is 32.1. The number of nitrogens with zero attached hydrogens (tertiary/aromatic N) is 3. The van der Waals surface area contributed by atoms with E-state index in [0.717, 1.165) is 21.3 Å². The van der Waals surface area contributed by atoms with Gasteiger partial charge in [-0.3, -0.25) is 4.68 Å². The van der Waals surface area contributed by atoms with Crippen molar-refractivity contribution in [1.29, 1.82) is 0 Å². The fourth-order valence-electron chi connectivity index (χ4n) is 2.36. The van der Waals surface area contributed by atoms with Crippen molar-refractivity contribution in [1.82, 2.24) is 14.8 Å². The number of carbonyl (C=O) groups excluding carboxylic acids is 1. The molecule has 0 N–H and O–H groups in total. The van der Waals surface area contributed by atoms with Gasteiger partial charge >= 0.3 is 5.97 Å². The van der Waals surface area contributed by atoms with E-state index in [1.54, 1.807) is 11.3 Å². The zero-order chi connectivity index (χ0) is 17.4. The molecular weight excluding hydrogens is 310 g/mol. The third-order valence-electron chi connectivity index (χ3n) is 3.51. The second-order valence-corrected chi connectivity index (χ2v) is 8.30. The van der Waals surface area contributed by atoms with Crippen LogP contribution in [0.1, 0.15) is 72.3 Å². The number of esters is 1. The fourth-order valence-corrected chi connectivity index (χ4v) is 3.21. The molecule has 23 heavy (non-hydrogen) atoms. The van der Waals surface area contributed by atoms with Gasteiger partial charge in [-0.15, -0.1) is 11.3 Å². The number of carbonyl (C=O) groups is 1. The Morgan fingerprint density at radius 3 is 2.43 bits per heavy atom. The lowest BCUT2D eigenvalue weighted by atomic mass is 10.1. The van der Waals surface area contributed by atoms with Crippen molar-refractivity contribution in [3.05, 3.63) is 33.0 Å². The summed E-state index contributed by atoms with van der Waals surface area (Å²) >= 11 is 1.56. The molecule has 126 valence electrons. The van der Waals surface area contributed by atoms with Crippen molar-refractivity contribution in [2.45, 2.75) is 66.5 Å². The van der Waals surface area contributed by atoms with Crippen LogP contribution in [0.25, 0.3) is 0 Å². The summed E-state index contributed by atoms with van der Waals surface area (Å²) in [6, 6.07) is 1.84. The van der Waals surface area contributed by atoms with Gasteiger partial charge in [0.25, 0.3) is 0 Å². The van der Waals surface area contributed by atoms with Gasteiger partial charge in [0.15, 0.2) is 5.69 Å². The van der Waals surface area contributed by atoms with Crippen LogP contribution in [-0.2, 0) is 16.9 Å². The Balaban J connectivity index is 2.18. The molecule has 0 aliphatic carbocycles. The van der Waals surface area contributed by atoms with Crippen molar-refractivity contribution in [3.63, 3.8) is 0 Å². The van der Waals surface area contributed by atoms with Crippen LogP contribution < -0.4 is 0 Å². The second kappa shape index (κ2) is 6.43. The molecule has 0 fully saturated rings. The smallest absolute Gasteiger partial charge is 0.359 e. The number of thiazole rings is 1. The molecule has 0 spiro atoms. The van der Waals surface area contributed by atoms with Crippen LogP contribution in [0.2, 0.25) is 0 Å². The van der Waals surface area contributed by atoms with Crippen LogP contribution in [0.5, 0.6) is 0 Å². The van der Waals surface area contributed by atoms with Crippen molar-refractivity contribution < 1.29 is 9.53 Å². The third-order valence-corrected chi connectivity index (χ3v) is 4.55. The Morgan fingerprint density at radius 1 is 1.35 bits per heavy atom. The lowest BCUT2D eigenvalue weighted by Crippen LogP contribution is -2.26. The first-order chi connectivity index (χ1) is 10.6. The quantitative estimate of drug-likeness (QED) is 0.786. The highest BCUT2D eigenvalue weighted by Gasteiger charge is 2.24. The molecule has 2 aromatic rings. The molecule has 5 nitrogen and oxygen atoms in total. The molecule has 0 atom stereocenters. The molecular formula is C17H25N3O2S. The summed E-state index contributed by atoms with van der Waals surface area (Å²) in [5.41, 5.74) is 2.14. The maximum absolute atomic E-state index is 12.3. The predicted octanol–water partition coefficient (Wildman–Crippen LogP) is 4.19. The molecule has 2 aromatic heterocycles. The molecule has 0 aliphatic rings. The highest BCUT2D eigenvalue weighted by molar-refractivity contribution is 7.11. The zero-order valence-electron chi connectivity index (χ0n) is 14.9. The van der Waals surface area contributed by atoms with Crippen LogP contribution in [-0.4, -0.2) is 20.7 Å². The van der Waals surface area contributed by atoms with Crippen LogP contribution in [0.15, 0.2) is 6.07 Å². The van der Waals surface area contributed by atoms with Crippen molar-refractivity contribution in [3.8, 4) is 0 Å². The predicted molar refractivity (Wildman–Crippen MR) is 92.0 cm³/mol. The second-order valence-electron chi connectivity index (χ2n) is 7.01. The lowest BCUT2D eigenvalue weighted by Gasteiger charge is -2.23. The molecule has 0 bridgehead atoms. The summed E-state index contributed by atoms with van der Waals surface area (Å²) in [7, 11) is 0. The van der Waals surface area contributed by atoms with E-state index >= 15 is 0 Å². The molecule has 0 amide bonds. The normalized spacial score (nSPS) is 12.0. The molecule has 0 saturated heterocycles. The van der Waals surface area contributed by atoms with E-state index in [1.165, 1.54) is 0 Å². The monoisotopic (exact) mass is 335 g/mol. The number of hydrogen-bond donors (Lipinski definition) is 0. The van der Waals surface area contributed by atoms with E-state index in [4.69, 9.17) is 4.74 Å². The molecule has 0 radical (unpaired) electrons. The Kier molecular flexibility index (Phi) is 4.94. The summed E-state index contributed by atoms with van der Waals surface area (Å²) in [6.07, 6.45) is 0. The van der Waals surface area contributed by atoms with E-state index in [0.29, 0.717) is 5.69 Å². The first kappa shape index (κ1) is 17.7. The maximum atomic E-state index is 12.3. The average molecular weight is 335 g/mol. The van der Waals surface area contributed by atoms with Gasteiger partial charge in [-0.2, -0.15) is 5.10 Å². The molecule has 0 aliphatic heterocycles. The summed E-state index contributed by atoms with van der Waals surface area (Å²) in [5.74, 6) is -0.102. The minimum absolute atomic E-state index is 0.177. The van der Waals surface area contributed by atoms with Gasteiger partial charge < -0.3 is 4.74 Å². The van der Waals surface area contributed by atoms with Crippen LogP contribution >= 0.6 is 11.3 Å². The SMILES string of the molecule is Cc1nc(C)c(COC(=O)c2cc(C(C)C)n(C(C)(C)C)n2)s1. The molecule has 6 heteroatoms. The van der Waals surface area contributed by atoms with Crippen LogP contribution in [0.3, 0.4) is 0 Å². The summed E-state index contributed by atoms with van der Waals surface area (Å²) in [6.45, 7) is 14.5. The largest absolute Gasteiger partial charge is 0.455 e. The summed E-state index contributed by atoms with van der Waals surface area (Å²) < 4.78 is 7.34. The average Bonchev–Trinajstić information content (AvgIpc) is 2.99. The highest BCUT2D eigenvalue weighted by Crippen LogP contribution is 2.24. The van der Waals surface area contributed by atoms with E-state index in [1.807, 2.05) is 24.6 Å². The Labute approximate surface area is 141 Å². The molecule has 0 unspecified atom stereocenters. The van der Waals surface area contributed by atoms with Gasteiger partial charge in [0.05, 0.1) is 21.1 Å². The van der Waals surface area contributed by atoms with Crippen LogP contribution in [0, 0.1) is 13.8 Å². The Morgan fingerprint density at radius 2 is 2.00 bits per heavy atom. The number of aryl methyl sites for hydroxylation is 2. The van der Waals surface area contributed by atoms with Gasteiger partial charge in [0, 0.05) is 5.69 Å². The molecule has 2 heterocycles. The van der Waals surface area contributed by atoms with Gasteiger partial charge in [0.2, 0.25) is 0 Å². The number of rotatable bonds is 4. The first-order valence-corrected chi connectivity index (χ1v) is 8.61. The lowest BCUT2D eigenvalue weighted by molar-refractivity contribution is 0.0467. The molecule has 0 saturated carbocycles. The Bertz CT molecular complexity index is 708. The topological polar surface area (TPSA) is 57.0 Å². The standard InChI is InChI=1S/C17H25N3O2S/c1-10(2)14-8-13(19-20(14)17(5,6)7)16(21)22-9-15-11(3)18-12(4)23-15/h8,10H,9H2,1-7H3. The van der Waals surface area contributed by atoms with E-state index in [-0.39, 0.29) is 24.0 Å². The minimum atomic E-state index is -0.389. The third kappa shape index (κ3) is 3.99.